The topological polar surface area (TPSA) is 146 Å². The van der Waals surface area contributed by atoms with Crippen molar-refractivity contribution in [2.24, 2.45) is 0 Å². The van der Waals surface area contributed by atoms with E-state index in [2.05, 4.69) is 22.9 Å². The largest absolute Gasteiger partial charge is 1.00 e. The van der Waals surface area contributed by atoms with Gasteiger partial charge in [-0.2, -0.15) is 0 Å². The summed E-state index contributed by atoms with van der Waals surface area (Å²) in [6.07, 6.45) is 15.3. The van der Waals surface area contributed by atoms with Gasteiger partial charge < -0.3 is 30.0 Å². The molecule has 0 spiro atoms. The molecule has 0 radical (unpaired) electrons. The van der Waals surface area contributed by atoms with Crippen LogP contribution in [0.4, 0.5) is 0 Å². The van der Waals surface area contributed by atoms with Crippen molar-refractivity contribution < 1.29 is 99.2 Å². The average Bonchev–Trinajstić information content (AvgIpc) is 2.79. The summed E-state index contributed by atoms with van der Waals surface area (Å²) in [5.41, 5.74) is 0. The van der Waals surface area contributed by atoms with Crippen LogP contribution in [-0.4, -0.2) is 58.3 Å². The normalized spacial score (nSPS) is 10.2. The summed E-state index contributed by atoms with van der Waals surface area (Å²) in [4.78, 5) is 32.0. The van der Waals surface area contributed by atoms with Gasteiger partial charge in [-0.1, -0.05) is 77.0 Å². The molecule has 198 valence electrons. The zero-order chi connectivity index (χ0) is 25.6. The molecule has 0 heterocycles. The van der Waals surface area contributed by atoms with Crippen LogP contribution >= 0.6 is 0 Å². The van der Waals surface area contributed by atoms with Crippen molar-refractivity contribution >= 4 is 11.9 Å². The molecule has 0 aromatic carbocycles. The third kappa shape index (κ3) is 24.1. The van der Waals surface area contributed by atoms with Crippen molar-refractivity contribution in [3.05, 3.63) is 24.9 Å². The summed E-state index contributed by atoms with van der Waals surface area (Å²) in [5.74, 6) is -2.52. The quantitative estimate of drug-likeness (QED) is 0.0402. The van der Waals surface area contributed by atoms with E-state index in [4.69, 9.17) is 10.4 Å². The molecule has 0 amide bonds. The van der Waals surface area contributed by atoms with Crippen molar-refractivity contribution in [3.8, 4) is 0 Å². The van der Waals surface area contributed by atoms with Crippen LogP contribution in [0.5, 0.6) is 0 Å². The van der Waals surface area contributed by atoms with Crippen molar-refractivity contribution in [1.29, 1.82) is 0 Å². The Labute approximate surface area is 260 Å². The van der Waals surface area contributed by atoms with Crippen LogP contribution in [0.2, 0.25) is 0 Å². The van der Waals surface area contributed by atoms with Gasteiger partial charge in [0.2, 0.25) is 5.88 Å². The zero-order valence-corrected chi connectivity index (χ0v) is 26.4. The first-order valence-electron chi connectivity index (χ1n) is 12.2. The number of hydrogen-bond acceptors (Lipinski definition) is 9. The van der Waals surface area contributed by atoms with Gasteiger partial charge in [-0.05, 0) is 32.5 Å². The number of aliphatic carboxylic acids is 2. The number of carboxylic acid groups (broad SMARTS) is 2. The van der Waals surface area contributed by atoms with Gasteiger partial charge in [0.05, 0.1) is 12.5 Å². The van der Waals surface area contributed by atoms with Crippen LogP contribution in [0, 0.1) is 0 Å². The van der Waals surface area contributed by atoms with Gasteiger partial charge >= 0.3 is 65.1 Å². The maximum Gasteiger partial charge on any atom is 1.00 e. The molecular formula is C24H42N2Na2O8. The standard InChI is InChI=1S/C24H44N2O8.2Na/c1-21(33-31)26(22(2)34-32)18-16-14-12-10-8-6-4-3-5-7-9-11-13-15-17-25(19-23(27)28)20-24(29)30;;/h31-32H,1-20H2,(H,27,28)(H,29,30);;/q;2*+1/p-2. The van der Waals surface area contributed by atoms with Gasteiger partial charge in [0, 0.05) is 13.1 Å². The third-order valence-electron chi connectivity index (χ3n) is 5.62. The minimum atomic E-state index is -1.25. The smallest absolute Gasteiger partial charge is 0.663 e. The molecule has 0 unspecified atom stereocenters. The molecule has 0 saturated heterocycles. The number of unbranched alkanes of at least 4 members (excludes halogenated alkanes) is 13. The number of carboxylic acids is 2. The van der Waals surface area contributed by atoms with Crippen molar-refractivity contribution in [1.82, 2.24) is 9.80 Å². The van der Waals surface area contributed by atoms with Crippen LogP contribution in [-0.2, 0) is 19.4 Å². The predicted octanol–water partition coefficient (Wildman–Crippen LogP) is -3.38. The molecule has 0 aliphatic rings. The molecule has 36 heavy (non-hydrogen) atoms. The molecule has 0 aromatic rings. The van der Waals surface area contributed by atoms with Crippen molar-refractivity contribution in [2.45, 2.75) is 89.9 Å². The van der Waals surface area contributed by atoms with E-state index >= 15 is 0 Å². The van der Waals surface area contributed by atoms with Crippen LogP contribution < -0.4 is 69.5 Å². The summed E-state index contributed by atoms with van der Waals surface area (Å²) >= 11 is 0. The van der Waals surface area contributed by atoms with E-state index in [1.54, 1.807) is 0 Å². The number of hydrogen-bond donors (Lipinski definition) is 2. The predicted molar refractivity (Wildman–Crippen MR) is 124 cm³/mol. The van der Waals surface area contributed by atoms with Gasteiger partial charge in [0.1, 0.15) is 0 Å². The first-order valence-corrected chi connectivity index (χ1v) is 12.2. The van der Waals surface area contributed by atoms with E-state index in [1.807, 2.05) is 0 Å². The minimum absolute atomic E-state index is 0. The first-order chi connectivity index (χ1) is 16.3. The Balaban J connectivity index is -0.00000544. The molecule has 0 aliphatic carbocycles. The van der Waals surface area contributed by atoms with E-state index in [0.717, 1.165) is 51.4 Å². The molecule has 12 heteroatoms. The van der Waals surface area contributed by atoms with E-state index in [9.17, 15) is 20.0 Å². The van der Waals surface area contributed by atoms with Crippen LogP contribution in [0.25, 0.3) is 0 Å². The van der Waals surface area contributed by atoms with Crippen LogP contribution in [0.3, 0.4) is 0 Å². The summed E-state index contributed by atoms with van der Waals surface area (Å²) in [6.45, 7) is 7.25. The molecule has 0 atom stereocenters. The Hall–Kier alpha value is -0.300. The van der Waals surface area contributed by atoms with Crippen molar-refractivity contribution in [3.63, 3.8) is 0 Å². The molecule has 0 fully saturated rings. The number of carbonyl (C=O) groups excluding carboxylic acids is 1. The Morgan fingerprint density at radius 1 is 0.694 bits per heavy atom. The van der Waals surface area contributed by atoms with E-state index in [1.165, 1.54) is 48.3 Å². The van der Waals surface area contributed by atoms with Gasteiger partial charge in [-0.25, -0.2) is 5.26 Å². The Morgan fingerprint density at radius 2 is 1.08 bits per heavy atom. The molecular weight excluding hydrogens is 490 g/mol. The molecule has 2 N–H and O–H groups in total. The van der Waals surface area contributed by atoms with Crippen LogP contribution in [0.1, 0.15) is 89.9 Å². The van der Waals surface area contributed by atoms with Crippen molar-refractivity contribution in [2.75, 3.05) is 26.2 Å². The second-order valence-corrected chi connectivity index (χ2v) is 8.54. The fraction of sp³-hybridized carbons (Fsp3) is 0.750. The second kappa shape index (κ2) is 27.7. The molecule has 0 aromatic heterocycles. The Kier molecular flexibility index (Phi) is 31.0. The molecule has 0 rings (SSSR count). The van der Waals surface area contributed by atoms with Crippen LogP contribution in [0.15, 0.2) is 24.9 Å². The SMILES string of the molecule is C=C(O[O-])N(CCCCCCCCCCCCCCCCN(CC(=O)[O-])CC(=O)O)C(=C)OO.[Na+].[Na+]. The van der Waals surface area contributed by atoms with E-state index < -0.39 is 11.9 Å². The maximum atomic E-state index is 10.7. The van der Waals surface area contributed by atoms with E-state index in [-0.39, 0.29) is 84.0 Å². The van der Waals surface area contributed by atoms with E-state index in [0.29, 0.717) is 13.1 Å². The number of rotatable bonds is 25. The molecule has 0 saturated carbocycles. The minimum Gasteiger partial charge on any atom is -0.663 e. The fourth-order valence-corrected chi connectivity index (χ4v) is 3.80. The summed E-state index contributed by atoms with van der Waals surface area (Å²) in [7, 11) is 0. The number of nitrogens with zero attached hydrogens (tertiary/aromatic N) is 2. The summed E-state index contributed by atoms with van der Waals surface area (Å²) in [5, 5.41) is 38.6. The summed E-state index contributed by atoms with van der Waals surface area (Å²) < 4.78 is 0. The van der Waals surface area contributed by atoms with Gasteiger partial charge in [-0.15, -0.1) is 0 Å². The monoisotopic (exact) mass is 532 g/mol. The number of carbonyl (C=O) groups is 2. The Morgan fingerprint density at radius 3 is 1.42 bits per heavy atom. The zero-order valence-electron chi connectivity index (χ0n) is 22.4. The average molecular weight is 533 g/mol. The maximum absolute atomic E-state index is 10.7. The fourth-order valence-electron chi connectivity index (χ4n) is 3.80. The van der Waals surface area contributed by atoms with Gasteiger partial charge in [-0.3, -0.25) is 14.6 Å². The van der Waals surface area contributed by atoms with Gasteiger partial charge in [0.25, 0.3) is 0 Å². The summed E-state index contributed by atoms with van der Waals surface area (Å²) in [6, 6.07) is 0. The van der Waals surface area contributed by atoms with Gasteiger partial charge in [0.15, 0.2) is 5.88 Å². The first kappa shape index (κ1) is 40.2. The molecule has 0 bridgehead atoms. The molecule has 0 aliphatic heterocycles. The second-order valence-electron chi connectivity index (χ2n) is 8.54. The molecule has 10 nitrogen and oxygen atoms in total. The Bertz CT molecular complexity index is 564. The third-order valence-corrected chi connectivity index (χ3v) is 5.62.